The number of aromatic nitrogens is 4. The Balaban J connectivity index is 0.000000140. The van der Waals surface area contributed by atoms with Crippen LogP contribution in [0, 0.1) is 0 Å². The highest BCUT2D eigenvalue weighted by Crippen LogP contribution is 2.42. The van der Waals surface area contributed by atoms with Crippen LogP contribution in [-0.2, 0) is 0 Å². The van der Waals surface area contributed by atoms with Crippen molar-refractivity contribution in [2.45, 2.75) is 0 Å². The summed E-state index contributed by atoms with van der Waals surface area (Å²) in [5.41, 5.74) is 27.9. The number of rotatable bonds is 9. The van der Waals surface area contributed by atoms with Gasteiger partial charge in [-0.05, 0) is 153 Å². The molecule has 5 heteroatoms. The van der Waals surface area contributed by atoms with E-state index in [1.54, 1.807) is 0 Å². The highest BCUT2D eigenvalue weighted by atomic mass is 16.3. The Kier molecular flexibility index (Phi) is 13.5. The van der Waals surface area contributed by atoms with Crippen LogP contribution in [0.15, 0.2) is 381 Å². The fourth-order valence-electron chi connectivity index (χ4n) is 16.0. The number of hydrogen-bond donors (Lipinski definition) is 0. The van der Waals surface area contributed by atoms with Gasteiger partial charge in [-0.2, -0.15) is 0 Å². The van der Waals surface area contributed by atoms with E-state index in [2.05, 4.69) is 382 Å². The van der Waals surface area contributed by atoms with Crippen molar-refractivity contribution in [1.29, 1.82) is 0 Å². The van der Waals surface area contributed by atoms with Crippen LogP contribution in [0.4, 0.5) is 0 Å². The van der Waals surface area contributed by atoms with E-state index < -0.39 is 0 Å². The second-order valence-electron chi connectivity index (χ2n) is 26.3. The molecule has 5 heterocycles. The topological polar surface area (TPSA) is 32.9 Å². The molecular weight excluding hydrogens is 1230 g/mol. The zero-order chi connectivity index (χ0) is 66.5. The van der Waals surface area contributed by atoms with Crippen molar-refractivity contribution in [1.82, 2.24) is 18.3 Å². The van der Waals surface area contributed by atoms with E-state index in [-0.39, 0.29) is 0 Å². The molecular formula is C96H62N4O. The minimum Gasteiger partial charge on any atom is -0.455 e. The van der Waals surface area contributed by atoms with Gasteiger partial charge in [-0.3, -0.25) is 0 Å². The van der Waals surface area contributed by atoms with E-state index in [0.29, 0.717) is 0 Å². The van der Waals surface area contributed by atoms with Gasteiger partial charge in [0.25, 0.3) is 0 Å². The van der Waals surface area contributed by atoms with E-state index in [4.69, 9.17) is 4.42 Å². The van der Waals surface area contributed by atoms with E-state index in [0.717, 1.165) is 55.8 Å². The smallest absolute Gasteiger partial charge is 0.143 e. The molecule has 0 aliphatic rings. The maximum atomic E-state index is 6.38. The molecule has 0 atom stereocenters. The van der Waals surface area contributed by atoms with Crippen molar-refractivity contribution in [2.24, 2.45) is 0 Å². The molecule has 0 saturated heterocycles. The molecule has 0 bridgehead atoms. The van der Waals surface area contributed by atoms with Crippen LogP contribution in [0.25, 0.3) is 188 Å². The van der Waals surface area contributed by atoms with Crippen LogP contribution in [0.1, 0.15) is 0 Å². The SMILES string of the molecule is c1cc(-c2ccc(-c3cccc(-n4c5ccccc5c5ccc(-n6c7ccccc7c7ccccc76)cc54)c3)cc2)cc(-c2cccc3c2oc2ccccc23)c1.c1ccc(-c2cccc(-c3cccc(-n4c5ccccc5c5ccc(-n6c7ccccc7c7ccccc76)cc54)c3)c2)cc1. The van der Waals surface area contributed by atoms with Crippen LogP contribution in [0.2, 0.25) is 0 Å². The quantitative estimate of drug-likeness (QED) is 0.142. The van der Waals surface area contributed by atoms with Gasteiger partial charge in [0.1, 0.15) is 11.2 Å². The van der Waals surface area contributed by atoms with Crippen molar-refractivity contribution in [3.8, 4) is 78.4 Å². The molecule has 21 aromatic rings. The van der Waals surface area contributed by atoms with Crippen LogP contribution >= 0.6 is 0 Å². The lowest BCUT2D eigenvalue weighted by Crippen LogP contribution is -1.97. The average molecular weight is 1290 g/mol. The summed E-state index contributed by atoms with van der Waals surface area (Å²) >= 11 is 0. The number of benzene rings is 16. The van der Waals surface area contributed by atoms with Crippen LogP contribution in [-0.4, -0.2) is 18.3 Å². The summed E-state index contributed by atoms with van der Waals surface area (Å²) in [5.74, 6) is 0. The molecule has 472 valence electrons. The molecule has 0 radical (unpaired) electrons. The predicted octanol–water partition coefficient (Wildman–Crippen LogP) is 26.0. The van der Waals surface area contributed by atoms with Crippen LogP contribution in [0.5, 0.6) is 0 Å². The minimum atomic E-state index is 0.915. The fourth-order valence-corrected chi connectivity index (χ4v) is 16.0. The van der Waals surface area contributed by atoms with Gasteiger partial charge >= 0.3 is 0 Å². The summed E-state index contributed by atoms with van der Waals surface area (Å²) in [7, 11) is 0. The summed E-state index contributed by atoms with van der Waals surface area (Å²) in [5, 5.41) is 12.4. The largest absolute Gasteiger partial charge is 0.455 e. The molecule has 101 heavy (non-hydrogen) atoms. The second kappa shape index (κ2) is 23.7. The molecule has 0 unspecified atom stereocenters. The van der Waals surface area contributed by atoms with Gasteiger partial charge in [-0.1, -0.05) is 273 Å². The van der Waals surface area contributed by atoms with Gasteiger partial charge in [0.15, 0.2) is 0 Å². The van der Waals surface area contributed by atoms with E-state index >= 15 is 0 Å². The second-order valence-corrected chi connectivity index (χ2v) is 26.3. The Labute approximate surface area is 582 Å². The van der Waals surface area contributed by atoms with Gasteiger partial charge in [-0.15, -0.1) is 0 Å². The zero-order valence-electron chi connectivity index (χ0n) is 55.0. The third-order valence-corrected chi connectivity index (χ3v) is 20.6. The van der Waals surface area contributed by atoms with Gasteiger partial charge in [0.2, 0.25) is 0 Å². The normalized spacial score (nSPS) is 11.8. The summed E-state index contributed by atoms with van der Waals surface area (Å²) in [4.78, 5) is 0. The van der Waals surface area contributed by atoms with Crippen molar-refractivity contribution in [3.63, 3.8) is 0 Å². The first-order valence-electron chi connectivity index (χ1n) is 34.6. The molecule has 0 saturated carbocycles. The van der Waals surface area contributed by atoms with Gasteiger partial charge in [0.05, 0.1) is 44.1 Å². The van der Waals surface area contributed by atoms with Crippen molar-refractivity contribution in [2.75, 3.05) is 0 Å². The van der Waals surface area contributed by atoms with Crippen molar-refractivity contribution >= 4 is 109 Å². The maximum Gasteiger partial charge on any atom is 0.143 e. The molecule has 16 aromatic carbocycles. The van der Waals surface area contributed by atoms with E-state index in [1.165, 1.54) is 132 Å². The lowest BCUT2D eigenvalue weighted by molar-refractivity contribution is 0.670. The molecule has 0 aliphatic heterocycles. The Bertz CT molecular complexity index is 6730. The molecule has 0 aliphatic carbocycles. The Hall–Kier alpha value is -13.5. The Morgan fingerprint density at radius 2 is 0.446 bits per heavy atom. The van der Waals surface area contributed by atoms with Gasteiger partial charge < -0.3 is 22.7 Å². The third kappa shape index (κ3) is 9.62. The standard InChI is InChI=1S/C54H34N2O.C42H28N2/c1-5-22-49-43(16-1)44-17-2-6-23-50(44)55(49)41-30-31-46-45-18-3-7-24-51(45)56(52(46)34-41)40-15-10-13-38(33-40)36-28-26-35(27-29-36)37-12-9-14-39(32-37)42-20-11-21-48-47-19-4-8-25-53(47)57-54(42)48;1-2-12-29(13-3-1)30-14-10-15-31(26-30)32-16-11-17-33(27-32)44-41-23-9-6-20-37(41)38-25-24-34(28-42(38)44)43-39-21-7-4-18-35(39)36-19-5-8-22-40(36)43/h1-34H;1-28H. The summed E-state index contributed by atoms with van der Waals surface area (Å²) in [6, 6.07) is 136. The molecule has 0 fully saturated rings. The molecule has 0 spiro atoms. The minimum absolute atomic E-state index is 0.915. The first kappa shape index (κ1) is 57.7. The predicted molar refractivity (Wildman–Crippen MR) is 425 cm³/mol. The highest BCUT2D eigenvalue weighted by Gasteiger charge is 2.21. The number of fused-ring (bicyclic) bond motifs is 15. The van der Waals surface area contributed by atoms with Gasteiger partial charge in [0, 0.05) is 82.2 Å². The van der Waals surface area contributed by atoms with E-state index in [9.17, 15) is 0 Å². The number of furan rings is 1. The molecule has 0 amide bonds. The molecule has 5 nitrogen and oxygen atoms in total. The van der Waals surface area contributed by atoms with Crippen LogP contribution < -0.4 is 0 Å². The summed E-state index contributed by atoms with van der Waals surface area (Å²) in [6.45, 7) is 0. The maximum absolute atomic E-state index is 6.38. The lowest BCUT2D eigenvalue weighted by atomic mass is 9.96. The summed E-state index contributed by atoms with van der Waals surface area (Å²) < 4.78 is 16.0. The third-order valence-electron chi connectivity index (χ3n) is 20.6. The number of para-hydroxylation sites is 8. The monoisotopic (exact) mass is 1290 g/mol. The Morgan fingerprint density at radius 3 is 0.901 bits per heavy atom. The summed E-state index contributed by atoms with van der Waals surface area (Å²) in [6.07, 6.45) is 0. The number of nitrogens with zero attached hydrogens (tertiary/aromatic N) is 4. The van der Waals surface area contributed by atoms with Gasteiger partial charge in [-0.25, -0.2) is 0 Å². The zero-order valence-corrected chi connectivity index (χ0v) is 55.0. The lowest BCUT2D eigenvalue weighted by Gasteiger charge is -2.13. The first-order chi connectivity index (χ1) is 50.1. The van der Waals surface area contributed by atoms with E-state index in [1.807, 2.05) is 12.1 Å². The Morgan fingerprint density at radius 1 is 0.158 bits per heavy atom. The fraction of sp³-hybridized carbons (Fsp3) is 0. The molecule has 21 rings (SSSR count). The highest BCUT2D eigenvalue weighted by molar-refractivity contribution is 6.15. The molecule has 5 aromatic heterocycles. The van der Waals surface area contributed by atoms with Crippen LogP contribution in [0.3, 0.4) is 0 Å². The average Bonchev–Trinajstić information content (AvgIpc) is 1.59. The first-order valence-corrected chi connectivity index (χ1v) is 34.6. The number of hydrogen-bond acceptors (Lipinski definition) is 1. The van der Waals surface area contributed by atoms with Crippen molar-refractivity contribution in [3.05, 3.63) is 376 Å². The van der Waals surface area contributed by atoms with Crippen molar-refractivity contribution < 1.29 is 4.42 Å². The molecule has 0 N–H and O–H groups in total.